The van der Waals surface area contributed by atoms with Crippen LogP contribution in [-0.4, -0.2) is 23.7 Å². The number of ether oxygens (including phenoxy) is 1. The van der Waals surface area contributed by atoms with Gasteiger partial charge in [-0.25, -0.2) is 0 Å². The Kier molecular flexibility index (Phi) is 5.89. The predicted molar refractivity (Wildman–Crippen MR) is 74.6 cm³/mol. The van der Waals surface area contributed by atoms with Crippen LogP contribution in [0.15, 0.2) is 24.3 Å². The number of carbonyl (C=O) groups excluding carboxylic acids is 1. The SMILES string of the molecule is CCC(CC)(CCl)NC(=O)c1ccc(OC(F)(F)F)cc1. The van der Waals surface area contributed by atoms with E-state index in [4.69, 9.17) is 11.6 Å². The van der Waals surface area contributed by atoms with Crippen molar-refractivity contribution in [3.05, 3.63) is 29.8 Å². The van der Waals surface area contributed by atoms with Crippen LogP contribution in [0.3, 0.4) is 0 Å². The van der Waals surface area contributed by atoms with Gasteiger partial charge in [0.15, 0.2) is 0 Å². The van der Waals surface area contributed by atoms with Gasteiger partial charge in [-0.3, -0.25) is 4.79 Å². The summed E-state index contributed by atoms with van der Waals surface area (Å²) in [6.45, 7) is 3.82. The van der Waals surface area contributed by atoms with Crippen LogP contribution in [0.1, 0.15) is 37.0 Å². The molecule has 0 saturated carbocycles. The molecular weight excluding hydrogens is 307 g/mol. The minimum Gasteiger partial charge on any atom is -0.406 e. The number of alkyl halides is 4. The molecule has 0 saturated heterocycles. The number of halogens is 4. The van der Waals surface area contributed by atoms with Gasteiger partial charge in [-0.15, -0.1) is 24.8 Å². The van der Waals surface area contributed by atoms with Gasteiger partial charge in [0.2, 0.25) is 0 Å². The van der Waals surface area contributed by atoms with Crippen LogP contribution >= 0.6 is 11.6 Å². The summed E-state index contributed by atoms with van der Waals surface area (Å²) < 4.78 is 39.9. The molecule has 118 valence electrons. The first-order chi connectivity index (χ1) is 9.75. The van der Waals surface area contributed by atoms with Crippen molar-refractivity contribution in [3.8, 4) is 5.75 Å². The topological polar surface area (TPSA) is 38.3 Å². The Labute approximate surface area is 126 Å². The number of nitrogens with one attached hydrogen (secondary N) is 1. The first-order valence-electron chi connectivity index (χ1n) is 6.49. The van der Waals surface area contributed by atoms with Crippen molar-refractivity contribution in [2.75, 3.05) is 5.88 Å². The molecule has 0 aromatic heterocycles. The van der Waals surface area contributed by atoms with Crippen molar-refractivity contribution in [3.63, 3.8) is 0 Å². The fraction of sp³-hybridized carbons (Fsp3) is 0.500. The van der Waals surface area contributed by atoms with Gasteiger partial charge >= 0.3 is 6.36 Å². The molecule has 0 heterocycles. The van der Waals surface area contributed by atoms with E-state index >= 15 is 0 Å². The molecule has 0 aliphatic heterocycles. The molecule has 0 aliphatic carbocycles. The lowest BCUT2D eigenvalue weighted by Crippen LogP contribution is -2.49. The number of hydrogen-bond donors (Lipinski definition) is 1. The molecule has 0 spiro atoms. The molecule has 1 aromatic rings. The molecule has 1 rings (SSSR count). The molecule has 1 aromatic carbocycles. The molecule has 0 unspecified atom stereocenters. The highest BCUT2D eigenvalue weighted by Gasteiger charge is 2.31. The summed E-state index contributed by atoms with van der Waals surface area (Å²) in [6.07, 6.45) is -3.43. The first kappa shape index (κ1) is 17.6. The molecule has 0 fully saturated rings. The second-order valence-electron chi connectivity index (χ2n) is 4.65. The van der Waals surface area contributed by atoms with Crippen LogP contribution in [0.25, 0.3) is 0 Å². The number of hydrogen-bond acceptors (Lipinski definition) is 2. The van der Waals surface area contributed by atoms with Crippen molar-refractivity contribution in [1.29, 1.82) is 0 Å². The van der Waals surface area contributed by atoms with Gasteiger partial charge in [0.1, 0.15) is 5.75 Å². The molecule has 0 atom stereocenters. The number of rotatable bonds is 6. The van der Waals surface area contributed by atoms with E-state index in [0.717, 1.165) is 12.1 Å². The van der Waals surface area contributed by atoms with E-state index < -0.39 is 11.9 Å². The van der Waals surface area contributed by atoms with Crippen molar-refractivity contribution < 1.29 is 22.7 Å². The highest BCUT2D eigenvalue weighted by molar-refractivity contribution is 6.19. The van der Waals surface area contributed by atoms with E-state index in [1.807, 2.05) is 13.8 Å². The quantitative estimate of drug-likeness (QED) is 0.800. The fourth-order valence-electron chi connectivity index (χ4n) is 1.77. The molecule has 0 bridgehead atoms. The Hall–Kier alpha value is -1.43. The lowest BCUT2D eigenvalue weighted by molar-refractivity contribution is -0.274. The van der Waals surface area contributed by atoms with Crippen molar-refractivity contribution in [2.45, 2.75) is 38.6 Å². The first-order valence-corrected chi connectivity index (χ1v) is 7.03. The molecule has 1 N–H and O–H groups in total. The molecule has 21 heavy (non-hydrogen) atoms. The second kappa shape index (κ2) is 7.02. The molecule has 3 nitrogen and oxygen atoms in total. The van der Waals surface area contributed by atoms with Crippen LogP contribution in [-0.2, 0) is 0 Å². The van der Waals surface area contributed by atoms with E-state index in [1.165, 1.54) is 12.1 Å². The minimum absolute atomic E-state index is 0.251. The fourth-order valence-corrected chi connectivity index (χ4v) is 2.21. The number of benzene rings is 1. The zero-order chi connectivity index (χ0) is 16.1. The molecular formula is C14H17ClF3NO2. The Bertz CT molecular complexity index is 462. The molecule has 7 heteroatoms. The molecule has 0 radical (unpaired) electrons. The summed E-state index contributed by atoms with van der Waals surface area (Å²) >= 11 is 5.89. The van der Waals surface area contributed by atoms with Gasteiger partial charge in [-0.1, -0.05) is 13.8 Å². The van der Waals surface area contributed by atoms with Crippen LogP contribution in [0.4, 0.5) is 13.2 Å². The summed E-state index contributed by atoms with van der Waals surface area (Å²) in [5.41, 5.74) is -0.263. The summed E-state index contributed by atoms with van der Waals surface area (Å²) in [6, 6.07) is 4.76. The maximum absolute atomic E-state index is 12.1. The van der Waals surface area contributed by atoms with E-state index in [2.05, 4.69) is 10.1 Å². The standard InChI is InChI=1S/C14H17ClF3NO2/c1-3-13(4-2,9-15)19-12(20)10-5-7-11(8-6-10)21-14(16,17)18/h5-8H,3-4,9H2,1-2H3,(H,19,20). The zero-order valence-corrected chi connectivity index (χ0v) is 12.5. The maximum Gasteiger partial charge on any atom is 0.573 e. The Morgan fingerprint density at radius 2 is 1.71 bits per heavy atom. The Morgan fingerprint density at radius 1 is 1.19 bits per heavy atom. The van der Waals surface area contributed by atoms with Crippen LogP contribution in [0.2, 0.25) is 0 Å². The predicted octanol–water partition coefficient (Wildman–Crippen LogP) is 4.11. The van der Waals surface area contributed by atoms with Gasteiger partial charge in [0.25, 0.3) is 5.91 Å². The lowest BCUT2D eigenvalue weighted by Gasteiger charge is -2.30. The van der Waals surface area contributed by atoms with Gasteiger partial charge in [-0.05, 0) is 37.1 Å². The summed E-state index contributed by atoms with van der Waals surface area (Å²) in [5, 5.41) is 2.83. The minimum atomic E-state index is -4.75. The average molecular weight is 324 g/mol. The second-order valence-corrected chi connectivity index (χ2v) is 4.91. The smallest absolute Gasteiger partial charge is 0.406 e. The van der Waals surface area contributed by atoms with E-state index in [-0.39, 0.29) is 23.1 Å². The summed E-state index contributed by atoms with van der Waals surface area (Å²) in [7, 11) is 0. The van der Waals surface area contributed by atoms with Gasteiger partial charge in [0.05, 0.1) is 5.54 Å². The third-order valence-corrected chi connectivity index (χ3v) is 3.85. The zero-order valence-electron chi connectivity index (χ0n) is 11.8. The lowest BCUT2D eigenvalue weighted by atomic mass is 9.94. The van der Waals surface area contributed by atoms with Gasteiger partial charge in [-0.2, -0.15) is 0 Å². The Balaban J connectivity index is 2.80. The summed E-state index contributed by atoms with van der Waals surface area (Å²) in [4.78, 5) is 12.1. The van der Waals surface area contributed by atoms with E-state index in [9.17, 15) is 18.0 Å². The normalized spacial score (nSPS) is 12.1. The number of carbonyl (C=O) groups is 1. The van der Waals surface area contributed by atoms with Gasteiger partial charge < -0.3 is 10.1 Å². The van der Waals surface area contributed by atoms with Crippen molar-refractivity contribution in [1.82, 2.24) is 5.32 Å². The van der Waals surface area contributed by atoms with Crippen LogP contribution in [0, 0.1) is 0 Å². The van der Waals surface area contributed by atoms with E-state index in [0.29, 0.717) is 12.8 Å². The third-order valence-electron chi connectivity index (χ3n) is 3.34. The third kappa shape index (κ3) is 5.12. The monoisotopic (exact) mass is 323 g/mol. The van der Waals surface area contributed by atoms with Crippen molar-refractivity contribution in [2.24, 2.45) is 0 Å². The van der Waals surface area contributed by atoms with Crippen LogP contribution < -0.4 is 10.1 Å². The summed E-state index contributed by atoms with van der Waals surface area (Å²) in [5.74, 6) is -0.479. The highest BCUT2D eigenvalue weighted by Crippen LogP contribution is 2.23. The Morgan fingerprint density at radius 3 is 2.10 bits per heavy atom. The largest absolute Gasteiger partial charge is 0.573 e. The average Bonchev–Trinajstić information content (AvgIpc) is 2.44. The van der Waals surface area contributed by atoms with E-state index in [1.54, 1.807) is 0 Å². The maximum atomic E-state index is 12.1. The van der Waals surface area contributed by atoms with Crippen molar-refractivity contribution >= 4 is 17.5 Å². The molecule has 0 aliphatic rings. The highest BCUT2D eigenvalue weighted by atomic mass is 35.5. The van der Waals surface area contributed by atoms with Gasteiger partial charge in [0, 0.05) is 11.4 Å². The molecule has 1 amide bonds. The van der Waals surface area contributed by atoms with Crippen LogP contribution in [0.5, 0.6) is 5.75 Å². The number of amides is 1.